The van der Waals surface area contributed by atoms with Gasteiger partial charge in [0.2, 0.25) is 11.7 Å². The summed E-state index contributed by atoms with van der Waals surface area (Å²) in [6.07, 6.45) is -1.86. The lowest BCUT2D eigenvalue weighted by Crippen LogP contribution is -2.43. The third-order valence-electron chi connectivity index (χ3n) is 8.31. The molecule has 338 valence electrons. The Morgan fingerprint density at radius 3 is 1.63 bits per heavy atom. The second-order valence-corrected chi connectivity index (χ2v) is 18.7. The van der Waals surface area contributed by atoms with Gasteiger partial charge in [0, 0.05) is 38.8 Å². The summed E-state index contributed by atoms with van der Waals surface area (Å²) in [5.74, 6) is -2.42. The van der Waals surface area contributed by atoms with Crippen LogP contribution in [0.25, 0.3) is 11.3 Å². The first-order valence-corrected chi connectivity index (χ1v) is 20.2. The molecule has 2 heterocycles. The smallest absolute Gasteiger partial charge is 0.437 e. The molecule has 5 amide bonds. The van der Waals surface area contributed by atoms with Crippen molar-refractivity contribution in [2.75, 3.05) is 19.7 Å². The normalized spacial score (nSPS) is 14.0. The van der Waals surface area contributed by atoms with E-state index in [-0.39, 0.29) is 36.4 Å². The van der Waals surface area contributed by atoms with Gasteiger partial charge in [0.05, 0.1) is 16.8 Å². The number of alkyl carbamates (subject to hydrolysis) is 2. The van der Waals surface area contributed by atoms with E-state index in [9.17, 15) is 28.8 Å². The average molecular weight is 865 g/mol. The van der Waals surface area contributed by atoms with E-state index < -0.39 is 77.1 Å². The molecule has 3 aromatic rings. The first-order valence-electron chi connectivity index (χ1n) is 20.2. The fourth-order valence-electron chi connectivity index (χ4n) is 5.86. The largest absolute Gasteiger partial charge is 0.490 e. The summed E-state index contributed by atoms with van der Waals surface area (Å²) in [6, 6.07) is 13.0. The van der Waals surface area contributed by atoms with Crippen LogP contribution in [-0.4, -0.2) is 98.5 Å². The molecule has 4 rings (SSSR count). The maximum atomic E-state index is 13.3. The molecule has 2 aromatic carbocycles. The fraction of sp³-hybridized carbons (Fsp3) is 0.523. The number of imide groups is 1. The summed E-state index contributed by atoms with van der Waals surface area (Å²) in [4.78, 5) is 87.8. The lowest BCUT2D eigenvalue weighted by molar-refractivity contribution is -0.193. The van der Waals surface area contributed by atoms with Crippen LogP contribution < -0.4 is 21.0 Å². The van der Waals surface area contributed by atoms with Gasteiger partial charge in [0.1, 0.15) is 34.8 Å². The maximum absolute atomic E-state index is 13.3. The molecule has 18 nitrogen and oxygen atoms in total. The highest BCUT2D eigenvalue weighted by Crippen LogP contribution is 2.26. The molecule has 0 saturated carbocycles. The minimum Gasteiger partial charge on any atom is -0.490 e. The number of aromatic nitrogens is 2. The van der Waals surface area contributed by atoms with E-state index in [2.05, 4.69) is 15.6 Å². The lowest BCUT2D eigenvalue weighted by Gasteiger charge is -2.26. The van der Waals surface area contributed by atoms with Crippen molar-refractivity contribution in [1.82, 2.24) is 24.8 Å². The van der Waals surface area contributed by atoms with Crippen LogP contribution in [0.2, 0.25) is 0 Å². The van der Waals surface area contributed by atoms with Crippen molar-refractivity contribution in [2.45, 2.75) is 118 Å². The standard InChI is InChI=1S/C44H60N6O12/c1-41(2,3)58-36(53)33(62-50-34(51)30-16-14-15-17-31(30)35(50)52)26-57-29-20-18-28(19-21-29)32-25-49(37(48(32)13)47-40(56)61-44(10,11)12)24-27(22-45-38(54)59-42(4,5)6)23-46-39(55)60-43(7,8)9/h14-21,25,27,33H,22-24,26H2,1-13H3,(H,45,54)(H,46,55)/t33-/m0/s1. The second kappa shape index (κ2) is 19.3. The molecule has 18 heteroatoms. The quantitative estimate of drug-likeness (QED) is 0.110. The molecule has 2 N–H and O–H groups in total. The van der Waals surface area contributed by atoms with Gasteiger partial charge < -0.3 is 43.5 Å². The number of nitrogens with zero attached hydrogens (tertiary/aromatic N) is 4. The molecule has 1 aliphatic rings. The molecule has 1 aliphatic heterocycles. The first-order chi connectivity index (χ1) is 28.6. The Balaban J connectivity index is 1.62. The van der Waals surface area contributed by atoms with Gasteiger partial charge >= 0.3 is 24.2 Å². The number of rotatable bonds is 13. The van der Waals surface area contributed by atoms with Crippen LogP contribution in [0.5, 0.6) is 5.75 Å². The zero-order valence-corrected chi connectivity index (χ0v) is 37.9. The summed E-state index contributed by atoms with van der Waals surface area (Å²) < 4.78 is 31.3. The van der Waals surface area contributed by atoms with Crippen LogP contribution >= 0.6 is 0 Å². The van der Waals surface area contributed by atoms with Crippen molar-refractivity contribution in [1.29, 1.82) is 0 Å². The van der Waals surface area contributed by atoms with Crippen molar-refractivity contribution in [3.05, 3.63) is 71.5 Å². The molecule has 1 aromatic heterocycles. The number of hydroxylamine groups is 2. The SMILES string of the molecule is Cn1c(-c2ccc(OC[C@H](ON3C(=O)c4ccccc4C3=O)C(=O)OC(C)(C)C)cc2)cn(CC(CNC(=O)OC(C)(C)C)CNC(=O)OC(C)(C)C)c1=NC(=O)OC(C)(C)C. The van der Waals surface area contributed by atoms with Crippen molar-refractivity contribution in [3.8, 4) is 17.0 Å². The number of amides is 5. The van der Waals surface area contributed by atoms with Gasteiger partial charge in [-0.05, 0) is 125 Å². The zero-order valence-electron chi connectivity index (χ0n) is 37.9. The molecule has 0 fully saturated rings. The third-order valence-corrected chi connectivity index (χ3v) is 8.31. The number of benzene rings is 2. The summed E-state index contributed by atoms with van der Waals surface area (Å²) in [5.41, 5.74) is -1.45. The van der Waals surface area contributed by atoms with Gasteiger partial charge in [-0.1, -0.05) is 12.1 Å². The third kappa shape index (κ3) is 14.5. The van der Waals surface area contributed by atoms with E-state index >= 15 is 0 Å². The van der Waals surface area contributed by atoms with E-state index in [1.165, 1.54) is 12.1 Å². The van der Waals surface area contributed by atoms with Crippen LogP contribution in [0, 0.1) is 5.92 Å². The predicted octanol–water partition coefficient (Wildman–Crippen LogP) is 6.31. The number of ether oxygens (including phenoxy) is 5. The molecular weight excluding hydrogens is 805 g/mol. The number of nitrogens with one attached hydrogen (secondary N) is 2. The Bertz CT molecular complexity index is 2130. The molecule has 0 aliphatic carbocycles. The van der Waals surface area contributed by atoms with E-state index in [4.69, 9.17) is 28.5 Å². The Labute approximate surface area is 361 Å². The van der Waals surface area contributed by atoms with Crippen LogP contribution in [0.4, 0.5) is 14.4 Å². The van der Waals surface area contributed by atoms with Crippen molar-refractivity contribution in [2.24, 2.45) is 18.0 Å². The monoisotopic (exact) mass is 864 g/mol. The predicted molar refractivity (Wildman–Crippen MR) is 226 cm³/mol. The van der Waals surface area contributed by atoms with Gasteiger partial charge in [0.15, 0.2) is 0 Å². The Morgan fingerprint density at radius 1 is 0.677 bits per heavy atom. The van der Waals surface area contributed by atoms with Crippen LogP contribution in [-0.2, 0) is 42.2 Å². The number of carbonyl (C=O) groups is 6. The Hall–Kier alpha value is -6.17. The highest BCUT2D eigenvalue weighted by Gasteiger charge is 2.41. The van der Waals surface area contributed by atoms with E-state index in [0.29, 0.717) is 22.1 Å². The molecule has 0 unspecified atom stereocenters. The number of carbonyl (C=O) groups excluding carboxylic acids is 6. The number of imidazole rings is 1. The zero-order chi connectivity index (χ0) is 46.4. The molecule has 1 atom stereocenters. The number of fused-ring (bicyclic) bond motifs is 1. The maximum Gasteiger partial charge on any atom is 0.437 e. The van der Waals surface area contributed by atoms with E-state index in [1.54, 1.807) is 142 Å². The van der Waals surface area contributed by atoms with Crippen molar-refractivity contribution in [3.63, 3.8) is 0 Å². The molecule has 62 heavy (non-hydrogen) atoms. The van der Waals surface area contributed by atoms with Crippen molar-refractivity contribution < 1.29 is 57.3 Å². The minimum absolute atomic E-state index is 0.0703. The highest BCUT2D eigenvalue weighted by atomic mass is 16.7. The molecule has 0 saturated heterocycles. The van der Waals surface area contributed by atoms with Crippen LogP contribution in [0.3, 0.4) is 0 Å². The highest BCUT2D eigenvalue weighted by molar-refractivity contribution is 6.20. The average Bonchev–Trinajstić information content (AvgIpc) is 3.55. The molecule has 0 spiro atoms. The number of esters is 1. The number of hydrogen-bond acceptors (Lipinski definition) is 12. The summed E-state index contributed by atoms with van der Waals surface area (Å²) in [7, 11) is 1.72. The second-order valence-electron chi connectivity index (χ2n) is 18.7. The molecule has 0 radical (unpaired) electrons. The van der Waals surface area contributed by atoms with Crippen LogP contribution in [0.1, 0.15) is 104 Å². The first kappa shape index (κ1) is 48.5. The lowest BCUT2D eigenvalue weighted by atomic mass is 10.1. The topological polar surface area (TPSA) is 207 Å². The Kier molecular flexibility index (Phi) is 15.1. The summed E-state index contributed by atoms with van der Waals surface area (Å²) >= 11 is 0. The van der Waals surface area contributed by atoms with Crippen molar-refractivity contribution >= 4 is 36.1 Å². The van der Waals surface area contributed by atoms with Gasteiger partial charge in [-0.15, -0.1) is 10.1 Å². The summed E-state index contributed by atoms with van der Waals surface area (Å²) in [5, 5.41) is 6.07. The van der Waals surface area contributed by atoms with Gasteiger partial charge in [-0.3, -0.25) is 9.59 Å². The van der Waals surface area contributed by atoms with Gasteiger partial charge in [0.25, 0.3) is 11.8 Å². The summed E-state index contributed by atoms with van der Waals surface area (Å²) in [6.45, 7) is 20.5. The van der Waals surface area contributed by atoms with Gasteiger partial charge in [-0.25, -0.2) is 24.0 Å². The van der Waals surface area contributed by atoms with Crippen LogP contribution in [0.15, 0.2) is 59.7 Å². The molecular formula is C44H60N6O12. The minimum atomic E-state index is -1.50. The van der Waals surface area contributed by atoms with E-state index in [1.807, 2.05) is 0 Å². The molecule has 0 bridgehead atoms. The number of hydrogen-bond donors (Lipinski definition) is 2. The van der Waals surface area contributed by atoms with Gasteiger partial charge in [-0.2, -0.15) is 0 Å². The Morgan fingerprint density at radius 2 is 1.16 bits per heavy atom. The van der Waals surface area contributed by atoms with E-state index in [0.717, 1.165) is 0 Å². The fourth-order valence-corrected chi connectivity index (χ4v) is 5.86.